The van der Waals surface area contributed by atoms with Crippen LogP contribution in [0.1, 0.15) is 24.2 Å². The van der Waals surface area contributed by atoms with Gasteiger partial charge in [-0.05, 0) is 41.8 Å². The van der Waals surface area contributed by atoms with Gasteiger partial charge in [0.15, 0.2) is 0 Å². The van der Waals surface area contributed by atoms with E-state index < -0.39 is 6.10 Å². The number of ether oxygens (including phenoxy) is 2. The highest BCUT2D eigenvalue weighted by molar-refractivity contribution is 5.31. The summed E-state index contributed by atoms with van der Waals surface area (Å²) in [5, 5.41) is 10.1. The van der Waals surface area contributed by atoms with Gasteiger partial charge in [0.2, 0.25) is 0 Å². The van der Waals surface area contributed by atoms with E-state index >= 15 is 0 Å². The van der Waals surface area contributed by atoms with Gasteiger partial charge in [-0.3, -0.25) is 0 Å². The second kappa shape index (κ2) is 6.96. The van der Waals surface area contributed by atoms with Gasteiger partial charge in [-0.1, -0.05) is 31.2 Å². The van der Waals surface area contributed by atoms with Crippen LogP contribution in [0.3, 0.4) is 0 Å². The van der Waals surface area contributed by atoms with Gasteiger partial charge in [0, 0.05) is 0 Å². The van der Waals surface area contributed by atoms with Crippen LogP contribution >= 0.6 is 0 Å². The molecule has 0 spiro atoms. The lowest BCUT2D eigenvalue weighted by Crippen LogP contribution is -2.09. The molecule has 3 heteroatoms. The van der Waals surface area contributed by atoms with Gasteiger partial charge in [-0.25, -0.2) is 0 Å². The first-order chi connectivity index (χ1) is 9.72. The van der Waals surface area contributed by atoms with Crippen molar-refractivity contribution in [2.75, 3.05) is 13.7 Å². The molecule has 0 aliphatic carbocycles. The van der Waals surface area contributed by atoms with Crippen molar-refractivity contribution < 1.29 is 14.6 Å². The van der Waals surface area contributed by atoms with E-state index in [2.05, 4.69) is 13.0 Å². The van der Waals surface area contributed by atoms with Crippen molar-refractivity contribution in [2.45, 2.75) is 19.4 Å². The molecule has 3 nitrogen and oxygen atoms in total. The van der Waals surface area contributed by atoms with Crippen molar-refractivity contribution in [1.82, 2.24) is 0 Å². The molecule has 2 aromatic carbocycles. The molecule has 0 saturated carbocycles. The standard InChI is InChI=1S/C17H20O3/c1-3-13-6-4-9-16(10-13)20-12-17(18)14-7-5-8-15(11-14)19-2/h4-11,17-18H,3,12H2,1-2H3. The molecule has 0 aliphatic rings. The SMILES string of the molecule is CCc1cccc(OCC(O)c2cccc(OC)c2)c1. The van der Waals surface area contributed by atoms with Gasteiger partial charge in [0.25, 0.3) is 0 Å². The molecule has 0 amide bonds. The molecule has 0 saturated heterocycles. The summed E-state index contributed by atoms with van der Waals surface area (Å²) in [4.78, 5) is 0. The number of aliphatic hydroxyl groups is 1. The average Bonchev–Trinajstić information content (AvgIpc) is 2.52. The van der Waals surface area contributed by atoms with Crippen LogP contribution in [0.2, 0.25) is 0 Å². The Labute approximate surface area is 119 Å². The number of hydrogen-bond donors (Lipinski definition) is 1. The lowest BCUT2D eigenvalue weighted by Gasteiger charge is -2.14. The fourth-order valence-electron chi connectivity index (χ4n) is 1.98. The topological polar surface area (TPSA) is 38.7 Å². The summed E-state index contributed by atoms with van der Waals surface area (Å²) in [6.07, 6.45) is 0.297. The smallest absolute Gasteiger partial charge is 0.119 e. The first-order valence-electron chi connectivity index (χ1n) is 6.76. The molecule has 0 aromatic heterocycles. The molecule has 1 unspecified atom stereocenters. The van der Waals surface area contributed by atoms with Crippen LogP contribution < -0.4 is 9.47 Å². The van der Waals surface area contributed by atoms with E-state index in [-0.39, 0.29) is 6.61 Å². The van der Waals surface area contributed by atoms with E-state index in [4.69, 9.17) is 9.47 Å². The summed E-state index contributed by atoms with van der Waals surface area (Å²) >= 11 is 0. The third-order valence-electron chi connectivity index (χ3n) is 3.19. The molecule has 0 heterocycles. The molecule has 0 fully saturated rings. The molecule has 2 aromatic rings. The van der Waals surface area contributed by atoms with E-state index in [1.165, 1.54) is 5.56 Å². The molecule has 106 valence electrons. The van der Waals surface area contributed by atoms with Crippen LogP contribution in [0.15, 0.2) is 48.5 Å². The Morgan fingerprint density at radius 3 is 2.55 bits per heavy atom. The van der Waals surface area contributed by atoms with Crippen molar-refractivity contribution in [3.8, 4) is 11.5 Å². The Morgan fingerprint density at radius 2 is 1.80 bits per heavy atom. The maximum atomic E-state index is 10.1. The first kappa shape index (κ1) is 14.4. The predicted octanol–water partition coefficient (Wildman–Crippen LogP) is 3.37. The summed E-state index contributed by atoms with van der Waals surface area (Å²) in [5.41, 5.74) is 2.01. The zero-order valence-electron chi connectivity index (χ0n) is 11.9. The molecular formula is C17H20O3. The van der Waals surface area contributed by atoms with Crippen molar-refractivity contribution in [3.63, 3.8) is 0 Å². The van der Waals surface area contributed by atoms with Gasteiger partial charge < -0.3 is 14.6 Å². The Hall–Kier alpha value is -2.00. The summed E-state index contributed by atoms with van der Waals surface area (Å²) in [6, 6.07) is 15.3. The molecule has 0 aliphatic heterocycles. The highest BCUT2D eigenvalue weighted by atomic mass is 16.5. The minimum absolute atomic E-state index is 0.223. The van der Waals surface area contributed by atoms with Crippen molar-refractivity contribution in [3.05, 3.63) is 59.7 Å². The highest BCUT2D eigenvalue weighted by Crippen LogP contribution is 2.21. The largest absolute Gasteiger partial charge is 0.497 e. The van der Waals surface area contributed by atoms with E-state index in [1.54, 1.807) is 7.11 Å². The lowest BCUT2D eigenvalue weighted by atomic mass is 10.1. The van der Waals surface area contributed by atoms with Gasteiger partial charge >= 0.3 is 0 Å². The van der Waals surface area contributed by atoms with Gasteiger partial charge in [-0.2, -0.15) is 0 Å². The number of aryl methyl sites for hydroxylation is 1. The van der Waals surface area contributed by atoms with E-state index in [1.807, 2.05) is 42.5 Å². The maximum Gasteiger partial charge on any atom is 0.119 e. The normalized spacial score (nSPS) is 11.9. The highest BCUT2D eigenvalue weighted by Gasteiger charge is 2.09. The lowest BCUT2D eigenvalue weighted by molar-refractivity contribution is 0.108. The number of aliphatic hydroxyl groups excluding tert-OH is 1. The summed E-state index contributed by atoms with van der Waals surface area (Å²) in [6.45, 7) is 2.32. The Morgan fingerprint density at radius 1 is 1.05 bits per heavy atom. The molecule has 2 rings (SSSR count). The minimum Gasteiger partial charge on any atom is -0.497 e. The van der Waals surface area contributed by atoms with Crippen molar-refractivity contribution in [1.29, 1.82) is 0 Å². The van der Waals surface area contributed by atoms with Crippen LogP contribution in [0, 0.1) is 0 Å². The summed E-state index contributed by atoms with van der Waals surface area (Å²) in [5.74, 6) is 1.51. The molecular weight excluding hydrogens is 252 g/mol. The number of rotatable bonds is 6. The fourth-order valence-corrected chi connectivity index (χ4v) is 1.98. The first-order valence-corrected chi connectivity index (χ1v) is 6.76. The maximum absolute atomic E-state index is 10.1. The summed E-state index contributed by atoms with van der Waals surface area (Å²) < 4.78 is 10.8. The van der Waals surface area contributed by atoms with Gasteiger partial charge in [-0.15, -0.1) is 0 Å². The molecule has 20 heavy (non-hydrogen) atoms. The zero-order valence-corrected chi connectivity index (χ0v) is 11.9. The third kappa shape index (κ3) is 3.75. The molecule has 0 bridgehead atoms. The second-order valence-electron chi connectivity index (χ2n) is 4.60. The molecule has 1 atom stereocenters. The molecule has 0 radical (unpaired) electrons. The monoisotopic (exact) mass is 272 g/mol. The zero-order chi connectivity index (χ0) is 14.4. The number of hydrogen-bond acceptors (Lipinski definition) is 3. The Bertz CT molecular complexity index is 551. The van der Waals surface area contributed by atoms with Crippen LogP contribution in [-0.2, 0) is 6.42 Å². The van der Waals surface area contributed by atoms with E-state index in [0.717, 1.165) is 23.5 Å². The van der Waals surface area contributed by atoms with Gasteiger partial charge in [0.1, 0.15) is 24.2 Å². The van der Waals surface area contributed by atoms with Crippen molar-refractivity contribution >= 4 is 0 Å². The Balaban J connectivity index is 1.98. The number of methoxy groups -OCH3 is 1. The Kier molecular flexibility index (Phi) is 5.02. The van der Waals surface area contributed by atoms with Crippen LogP contribution in [0.25, 0.3) is 0 Å². The fraction of sp³-hybridized carbons (Fsp3) is 0.294. The van der Waals surface area contributed by atoms with Crippen LogP contribution in [0.4, 0.5) is 0 Å². The quantitative estimate of drug-likeness (QED) is 0.876. The molecule has 1 N–H and O–H groups in total. The summed E-state index contributed by atoms with van der Waals surface area (Å²) in [7, 11) is 1.61. The third-order valence-corrected chi connectivity index (χ3v) is 3.19. The average molecular weight is 272 g/mol. The van der Waals surface area contributed by atoms with Crippen LogP contribution in [-0.4, -0.2) is 18.8 Å². The van der Waals surface area contributed by atoms with Crippen molar-refractivity contribution in [2.24, 2.45) is 0 Å². The second-order valence-corrected chi connectivity index (χ2v) is 4.60. The number of benzene rings is 2. The van der Waals surface area contributed by atoms with Crippen LogP contribution in [0.5, 0.6) is 11.5 Å². The predicted molar refractivity (Wildman–Crippen MR) is 79.3 cm³/mol. The minimum atomic E-state index is -0.671. The van der Waals surface area contributed by atoms with Gasteiger partial charge in [0.05, 0.1) is 7.11 Å². The van der Waals surface area contributed by atoms with E-state index in [0.29, 0.717) is 0 Å². The van der Waals surface area contributed by atoms with E-state index in [9.17, 15) is 5.11 Å².